The van der Waals surface area contributed by atoms with Crippen LogP contribution in [0.15, 0.2) is 59.5 Å². The van der Waals surface area contributed by atoms with Gasteiger partial charge in [0.25, 0.3) is 0 Å². The maximum Gasteiger partial charge on any atom is 0.240 e. The summed E-state index contributed by atoms with van der Waals surface area (Å²) in [6.07, 6.45) is 1.63. The van der Waals surface area contributed by atoms with Gasteiger partial charge in [-0.1, -0.05) is 30.3 Å². The van der Waals surface area contributed by atoms with Gasteiger partial charge < -0.3 is 5.73 Å². The van der Waals surface area contributed by atoms with Crippen LogP contribution in [0.1, 0.15) is 18.4 Å². The van der Waals surface area contributed by atoms with Gasteiger partial charge in [-0.2, -0.15) is 0 Å². The van der Waals surface area contributed by atoms with Crippen molar-refractivity contribution in [3.05, 3.63) is 60.2 Å². The topological polar surface area (TPSA) is 75.4 Å². The lowest BCUT2D eigenvalue weighted by atomic mass is 10.1. The molecule has 0 unspecified atom stereocenters. The molecule has 3 rings (SSSR count). The molecule has 6 heteroatoms. The van der Waals surface area contributed by atoms with Crippen molar-refractivity contribution in [2.45, 2.75) is 30.3 Å². The van der Waals surface area contributed by atoms with E-state index in [4.69, 9.17) is 5.73 Å². The van der Waals surface area contributed by atoms with E-state index in [9.17, 15) is 8.42 Å². The van der Waals surface area contributed by atoms with Crippen LogP contribution in [-0.4, -0.2) is 32.4 Å². The predicted molar refractivity (Wildman–Crippen MR) is 95.9 cm³/mol. The van der Waals surface area contributed by atoms with E-state index in [2.05, 4.69) is 15.7 Å². The number of anilines is 1. The van der Waals surface area contributed by atoms with Crippen LogP contribution in [-0.2, 0) is 16.6 Å². The van der Waals surface area contributed by atoms with Gasteiger partial charge in [-0.05, 0) is 42.7 Å². The molecular weight excluding hydrogens is 322 g/mol. The first-order chi connectivity index (χ1) is 11.5. The second-order valence-corrected chi connectivity index (χ2v) is 7.94. The molecule has 0 aromatic heterocycles. The molecule has 128 valence electrons. The second-order valence-electron chi connectivity index (χ2n) is 6.23. The summed E-state index contributed by atoms with van der Waals surface area (Å²) in [7, 11) is -3.43. The lowest BCUT2D eigenvalue weighted by molar-refractivity contribution is 0.200. The van der Waals surface area contributed by atoms with Gasteiger partial charge >= 0.3 is 0 Å². The van der Waals surface area contributed by atoms with Crippen molar-refractivity contribution in [3.8, 4) is 0 Å². The number of nitrogens with zero attached hydrogens (tertiary/aromatic N) is 1. The zero-order valence-electron chi connectivity index (χ0n) is 13.6. The Balaban J connectivity index is 1.54. The van der Waals surface area contributed by atoms with E-state index in [0.29, 0.717) is 4.90 Å². The van der Waals surface area contributed by atoms with Gasteiger partial charge in [0.2, 0.25) is 10.0 Å². The zero-order chi connectivity index (χ0) is 17.0. The number of likely N-dealkylation sites (tertiary alicyclic amines) is 1. The average Bonchev–Trinajstić information content (AvgIpc) is 2.57. The summed E-state index contributed by atoms with van der Waals surface area (Å²) in [6, 6.07) is 16.4. The van der Waals surface area contributed by atoms with Crippen LogP contribution in [0.2, 0.25) is 0 Å². The van der Waals surface area contributed by atoms with Crippen LogP contribution in [0.3, 0.4) is 0 Å². The minimum absolute atomic E-state index is 0.00713. The summed E-state index contributed by atoms with van der Waals surface area (Å²) in [5.74, 6) is 0. The van der Waals surface area contributed by atoms with Crippen molar-refractivity contribution in [1.29, 1.82) is 0 Å². The van der Waals surface area contributed by atoms with Crippen LogP contribution in [0, 0.1) is 0 Å². The number of hydrogen-bond donors (Lipinski definition) is 2. The Hall–Kier alpha value is -1.89. The van der Waals surface area contributed by atoms with E-state index in [1.165, 1.54) is 5.56 Å². The van der Waals surface area contributed by atoms with E-state index >= 15 is 0 Å². The summed E-state index contributed by atoms with van der Waals surface area (Å²) in [6.45, 7) is 2.59. The highest BCUT2D eigenvalue weighted by atomic mass is 32.2. The molecule has 2 aromatic rings. The molecule has 1 fully saturated rings. The first-order valence-corrected chi connectivity index (χ1v) is 9.65. The van der Waals surface area contributed by atoms with Crippen molar-refractivity contribution in [3.63, 3.8) is 0 Å². The monoisotopic (exact) mass is 345 g/mol. The lowest BCUT2D eigenvalue weighted by Crippen LogP contribution is -2.44. The highest BCUT2D eigenvalue weighted by molar-refractivity contribution is 7.89. The quantitative estimate of drug-likeness (QED) is 0.815. The average molecular weight is 345 g/mol. The van der Waals surface area contributed by atoms with Crippen molar-refractivity contribution in [2.24, 2.45) is 0 Å². The van der Waals surface area contributed by atoms with Crippen LogP contribution in [0.4, 0.5) is 5.69 Å². The molecule has 1 aliphatic rings. The number of hydrogen-bond acceptors (Lipinski definition) is 4. The fourth-order valence-electron chi connectivity index (χ4n) is 3.05. The normalized spacial score (nSPS) is 17.0. The summed E-state index contributed by atoms with van der Waals surface area (Å²) >= 11 is 0. The van der Waals surface area contributed by atoms with E-state index in [-0.39, 0.29) is 6.04 Å². The molecule has 0 aliphatic carbocycles. The Bertz CT molecular complexity index is 770. The van der Waals surface area contributed by atoms with Crippen molar-refractivity contribution in [2.75, 3.05) is 18.8 Å². The largest absolute Gasteiger partial charge is 0.399 e. The molecule has 1 aliphatic heterocycles. The van der Waals surface area contributed by atoms with Gasteiger partial charge in [-0.15, -0.1) is 0 Å². The molecule has 0 atom stereocenters. The molecule has 0 saturated carbocycles. The standard InChI is InChI=1S/C18H23N3O2S/c19-16-6-4-5-15(13-16)14-21-11-9-17(10-12-21)20-24(22,23)18-7-2-1-3-8-18/h1-8,13,17,20H,9-12,14,19H2. The molecule has 5 nitrogen and oxygen atoms in total. The summed E-state index contributed by atoms with van der Waals surface area (Å²) < 4.78 is 27.6. The van der Waals surface area contributed by atoms with E-state index in [0.717, 1.165) is 38.2 Å². The second kappa shape index (κ2) is 7.34. The molecule has 0 radical (unpaired) electrons. The molecule has 3 N–H and O–H groups in total. The zero-order valence-corrected chi connectivity index (χ0v) is 14.4. The Kier molecular flexibility index (Phi) is 5.18. The first kappa shape index (κ1) is 17.0. The van der Waals surface area contributed by atoms with Crippen LogP contribution in [0.5, 0.6) is 0 Å². The van der Waals surface area contributed by atoms with Gasteiger partial charge in [0.15, 0.2) is 0 Å². The maximum atomic E-state index is 12.4. The molecular formula is C18H23N3O2S. The molecule has 1 saturated heterocycles. The van der Waals surface area contributed by atoms with E-state index in [1.807, 2.05) is 24.3 Å². The highest BCUT2D eigenvalue weighted by Crippen LogP contribution is 2.17. The summed E-state index contributed by atoms with van der Waals surface area (Å²) in [5, 5.41) is 0. The van der Waals surface area contributed by atoms with Gasteiger partial charge in [-0.3, -0.25) is 4.90 Å². The molecule has 0 bridgehead atoms. The smallest absolute Gasteiger partial charge is 0.240 e. The molecule has 24 heavy (non-hydrogen) atoms. The Morgan fingerprint density at radius 3 is 2.42 bits per heavy atom. The lowest BCUT2D eigenvalue weighted by Gasteiger charge is -2.32. The molecule has 1 heterocycles. The fraction of sp³-hybridized carbons (Fsp3) is 0.333. The van der Waals surface area contributed by atoms with Gasteiger partial charge in [0.1, 0.15) is 0 Å². The minimum atomic E-state index is -3.43. The van der Waals surface area contributed by atoms with Crippen molar-refractivity contribution in [1.82, 2.24) is 9.62 Å². The van der Waals surface area contributed by atoms with E-state index in [1.54, 1.807) is 24.3 Å². The minimum Gasteiger partial charge on any atom is -0.399 e. The maximum absolute atomic E-state index is 12.4. The molecule has 0 amide bonds. The van der Waals surface area contributed by atoms with Gasteiger partial charge in [-0.25, -0.2) is 13.1 Å². The van der Waals surface area contributed by atoms with Crippen molar-refractivity contribution >= 4 is 15.7 Å². The van der Waals surface area contributed by atoms with E-state index < -0.39 is 10.0 Å². The fourth-order valence-corrected chi connectivity index (χ4v) is 4.37. The Labute approximate surface area is 143 Å². The third-order valence-corrected chi connectivity index (χ3v) is 5.86. The predicted octanol–water partition coefficient (Wildman–Crippen LogP) is 2.21. The Morgan fingerprint density at radius 1 is 1.04 bits per heavy atom. The van der Waals surface area contributed by atoms with Gasteiger partial charge in [0.05, 0.1) is 4.90 Å². The number of nitrogens with one attached hydrogen (secondary N) is 1. The highest BCUT2D eigenvalue weighted by Gasteiger charge is 2.24. The molecule has 2 aromatic carbocycles. The van der Waals surface area contributed by atoms with Crippen LogP contribution >= 0.6 is 0 Å². The van der Waals surface area contributed by atoms with Gasteiger partial charge in [0, 0.05) is 31.4 Å². The van der Waals surface area contributed by atoms with Crippen molar-refractivity contribution < 1.29 is 8.42 Å². The first-order valence-electron chi connectivity index (χ1n) is 8.17. The third kappa shape index (κ3) is 4.35. The SMILES string of the molecule is Nc1cccc(CN2CCC(NS(=O)(=O)c3ccccc3)CC2)c1. The third-order valence-electron chi connectivity index (χ3n) is 4.32. The number of rotatable bonds is 5. The Morgan fingerprint density at radius 2 is 1.75 bits per heavy atom. The number of sulfonamides is 1. The van der Waals surface area contributed by atoms with Crippen LogP contribution in [0.25, 0.3) is 0 Å². The molecule has 0 spiro atoms. The summed E-state index contributed by atoms with van der Waals surface area (Å²) in [4.78, 5) is 2.66. The number of piperidine rings is 1. The number of nitrogen functional groups attached to an aromatic ring is 1. The number of nitrogens with two attached hydrogens (primary N) is 1. The summed E-state index contributed by atoms with van der Waals surface area (Å²) in [5.41, 5.74) is 7.78. The number of benzene rings is 2. The van der Waals surface area contributed by atoms with Crippen LogP contribution < -0.4 is 10.5 Å².